The molecule has 3 heterocycles. The quantitative estimate of drug-likeness (QED) is 0.926. The van der Waals surface area contributed by atoms with Crippen molar-refractivity contribution in [1.29, 1.82) is 0 Å². The number of hydrogen-bond donors (Lipinski definition) is 1. The van der Waals surface area contributed by atoms with Gasteiger partial charge in [0.05, 0.1) is 11.1 Å². The number of fused-ring (bicyclic) bond motifs is 2. The lowest BCUT2D eigenvalue weighted by Crippen LogP contribution is -2.35. The third-order valence-electron chi connectivity index (χ3n) is 5.38. The molecule has 2 atom stereocenters. The summed E-state index contributed by atoms with van der Waals surface area (Å²) in [4.78, 5) is 31.4. The number of likely N-dealkylation sites (tertiary alicyclic amines) is 1. The van der Waals surface area contributed by atoms with Gasteiger partial charge in [-0.15, -0.1) is 11.3 Å². The van der Waals surface area contributed by atoms with Crippen molar-refractivity contribution in [2.24, 2.45) is 11.3 Å². The number of aryl methyl sites for hydroxylation is 1. The Balaban J connectivity index is 1.60. The SMILES string of the molecule is Cc1csc2nc(CN3C[C@@H]4CCC[C@@]4(C(=O)O)C3)cc(=O)n12. The molecule has 0 bridgehead atoms. The molecule has 0 unspecified atom stereocenters. The van der Waals surface area contributed by atoms with Gasteiger partial charge in [-0.1, -0.05) is 6.42 Å². The van der Waals surface area contributed by atoms with Gasteiger partial charge in [0.15, 0.2) is 4.96 Å². The molecule has 2 fully saturated rings. The predicted octanol–water partition coefficient (Wildman–Crippen LogP) is 1.75. The zero-order valence-electron chi connectivity index (χ0n) is 13.0. The van der Waals surface area contributed by atoms with Gasteiger partial charge in [0, 0.05) is 36.8 Å². The predicted molar refractivity (Wildman–Crippen MR) is 86.8 cm³/mol. The molecule has 0 amide bonds. The minimum absolute atomic E-state index is 0.0592. The van der Waals surface area contributed by atoms with E-state index in [-0.39, 0.29) is 11.5 Å². The van der Waals surface area contributed by atoms with E-state index in [2.05, 4.69) is 9.88 Å². The highest BCUT2D eigenvalue weighted by molar-refractivity contribution is 7.15. The average molecular weight is 333 g/mol. The van der Waals surface area contributed by atoms with Crippen molar-refractivity contribution in [2.75, 3.05) is 13.1 Å². The van der Waals surface area contributed by atoms with E-state index in [0.29, 0.717) is 18.1 Å². The zero-order valence-corrected chi connectivity index (χ0v) is 13.8. The van der Waals surface area contributed by atoms with Crippen LogP contribution in [0.15, 0.2) is 16.2 Å². The summed E-state index contributed by atoms with van der Waals surface area (Å²) in [6.45, 7) is 3.80. The Morgan fingerprint density at radius 2 is 2.39 bits per heavy atom. The molecule has 0 radical (unpaired) electrons. The van der Waals surface area contributed by atoms with Gasteiger partial charge < -0.3 is 5.11 Å². The molecule has 122 valence electrons. The van der Waals surface area contributed by atoms with Crippen LogP contribution in [0.2, 0.25) is 0 Å². The molecule has 2 aliphatic rings. The van der Waals surface area contributed by atoms with Gasteiger partial charge in [0.25, 0.3) is 5.56 Å². The van der Waals surface area contributed by atoms with Gasteiger partial charge in [-0.25, -0.2) is 4.98 Å². The minimum Gasteiger partial charge on any atom is -0.481 e. The van der Waals surface area contributed by atoms with Crippen LogP contribution in [-0.2, 0) is 11.3 Å². The summed E-state index contributed by atoms with van der Waals surface area (Å²) < 4.78 is 1.62. The molecule has 2 aromatic heterocycles. The van der Waals surface area contributed by atoms with E-state index >= 15 is 0 Å². The van der Waals surface area contributed by atoms with Crippen LogP contribution in [0.4, 0.5) is 0 Å². The van der Waals surface area contributed by atoms with Crippen LogP contribution in [0, 0.1) is 18.3 Å². The number of carbonyl (C=O) groups is 1. The Labute approximate surface area is 137 Å². The molecule has 1 aliphatic heterocycles. The number of rotatable bonds is 3. The van der Waals surface area contributed by atoms with Gasteiger partial charge in [-0.05, 0) is 25.7 Å². The van der Waals surface area contributed by atoms with Crippen molar-refractivity contribution in [2.45, 2.75) is 32.7 Å². The minimum atomic E-state index is -0.667. The topological polar surface area (TPSA) is 74.9 Å². The third kappa shape index (κ3) is 2.21. The standard InChI is InChI=1S/C16H19N3O3S/c1-10-8-23-15-17-12(5-13(20)19(10)15)7-18-6-11-3-2-4-16(11,9-18)14(21)22/h5,8,11H,2-4,6-7,9H2,1H3,(H,21,22)/t11-,16+/m0/s1. The number of aliphatic carboxylic acids is 1. The average Bonchev–Trinajstić information content (AvgIpc) is 3.12. The van der Waals surface area contributed by atoms with Crippen molar-refractivity contribution in [3.05, 3.63) is 33.2 Å². The molecule has 1 saturated heterocycles. The van der Waals surface area contributed by atoms with Gasteiger partial charge in [-0.3, -0.25) is 18.9 Å². The van der Waals surface area contributed by atoms with E-state index in [9.17, 15) is 14.7 Å². The monoisotopic (exact) mass is 333 g/mol. The van der Waals surface area contributed by atoms with Crippen LogP contribution in [0.3, 0.4) is 0 Å². The van der Waals surface area contributed by atoms with Crippen LogP contribution < -0.4 is 5.56 Å². The third-order valence-corrected chi connectivity index (χ3v) is 6.33. The van der Waals surface area contributed by atoms with E-state index in [1.54, 1.807) is 10.5 Å². The summed E-state index contributed by atoms with van der Waals surface area (Å²) in [5.74, 6) is -0.436. The molecule has 23 heavy (non-hydrogen) atoms. The molecule has 0 aromatic carbocycles. The first-order valence-corrected chi connectivity index (χ1v) is 8.80. The van der Waals surface area contributed by atoms with Gasteiger partial charge >= 0.3 is 5.97 Å². The lowest BCUT2D eigenvalue weighted by Gasteiger charge is -2.23. The number of thiazole rings is 1. The van der Waals surface area contributed by atoms with E-state index in [4.69, 9.17) is 0 Å². The van der Waals surface area contributed by atoms with E-state index < -0.39 is 11.4 Å². The number of aromatic nitrogens is 2. The molecule has 6 nitrogen and oxygen atoms in total. The summed E-state index contributed by atoms with van der Waals surface area (Å²) in [7, 11) is 0. The van der Waals surface area contributed by atoms with E-state index in [1.807, 2.05) is 12.3 Å². The van der Waals surface area contributed by atoms with Crippen molar-refractivity contribution in [3.8, 4) is 0 Å². The van der Waals surface area contributed by atoms with Crippen LogP contribution in [0.1, 0.15) is 30.7 Å². The number of hydrogen-bond acceptors (Lipinski definition) is 5. The zero-order chi connectivity index (χ0) is 16.2. The van der Waals surface area contributed by atoms with Crippen LogP contribution in [0.25, 0.3) is 4.96 Å². The maximum Gasteiger partial charge on any atom is 0.311 e. The lowest BCUT2D eigenvalue weighted by molar-refractivity contribution is -0.149. The highest BCUT2D eigenvalue weighted by atomic mass is 32.1. The highest BCUT2D eigenvalue weighted by Crippen LogP contribution is 2.49. The molecular weight excluding hydrogens is 314 g/mol. The Kier molecular flexibility index (Phi) is 3.32. The maximum atomic E-state index is 12.2. The van der Waals surface area contributed by atoms with E-state index in [1.165, 1.54) is 11.3 Å². The largest absolute Gasteiger partial charge is 0.481 e. The van der Waals surface area contributed by atoms with Gasteiger partial charge in [0.1, 0.15) is 0 Å². The second-order valence-electron chi connectivity index (χ2n) is 6.80. The Bertz CT molecular complexity index is 843. The summed E-state index contributed by atoms with van der Waals surface area (Å²) >= 11 is 1.46. The number of carboxylic acids is 1. The summed E-state index contributed by atoms with van der Waals surface area (Å²) in [6, 6.07) is 1.58. The van der Waals surface area contributed by atoms with Gasteiger partial charge in [0.2, 0.25) is 0 Å². The van der Waals surface area contributed by atoms with Crippen molar-refractivity contribution < 1.29 is 9.90 Å². The molecule has 4 rings (SSSR count). The first-order valence-electron chi connectivity index (χ1n) is 7.92. The second kappa shape index (κ2) is 5.14. The first-order chi connectivity index (χ1) is 11.0. The van der Waals surface area contributed by atoms with Crippen LogP contribution in [-0.4, -0.2) is 38.4 Å². The Morgan fingerprint density at radius 3 is 3.13 bits per heavy atom. The molecule has 1 N–H and O–H groups in total. The molecular formula is C16H19N3O3S. The van der Waals surface area contributed by atoms with Crippen LogP contribution in [0.5, 0.6) is 0 Å². The molecule has 0 spiro atoms. The fraction of sp³-hybridized carbons (Fsp3) is 0.562. The Morgan fingerprint density at radius 1 is 1.57 bits per heavy atom. The molecule has 1 aliphatic carbocycles. The summed E-state index contributed by atoms with van der Waals surface area (Å²) in [6.07, 6.45) is 2.76. The lowest BCUT2D eigenvalue weighted by atomic mass is 9.81. The fourth-order valence-electron chi connectivity index (χ4n) is 4.27. The number of carboxylic acid groups (broad SMARTS) is 1. The second-order valence-corrected chi connectivity index (χ2v) is 7.64. The summed E-state index contributed by atoms with van der Waals surface area (Å²) in [5.41, 5.74) is 0.988. The fourth-order valence-corrected chi connectivity index (χ4v) is 5.17. The maximum absolute atomic E-state index is 12.2. The van der Waals surface area contributed by atoms with Crippen molar-refractivity contribution >= 4 is 22.3 Å². The normalized spacial score (nSPS) is 27.6. The van der Waals surface area contributed by atoms with Crippen LogP contribution >= 0.6 is 11.3 Å². The van der Waals surface area contributed by atoms with Crippen molar-refractivity contribution in [1.82, 2.24) is 14.3 Å². The molecule has 1 saturated carbocycles. The highest BCUT2D eigenvalue weighted by Gasteiger charge is 2.54. The summed E-state index contributed by atoms with van der Waals surface area (Å²) in [5, 5.41) is 11.6. The van der Waals surface area contributed by atoms with E-state index in [0.717, 1.165) is 37.2 Å². The smallest absolute Gasteiger partial charge is 0.311 e. The van der Waals surface area contributed by atoms with Crippen molar-refractivity contribution in [3.63, 3.8) is 0 Å². The molecule has 2 aromatic rings. The Hall–Kier alpha value is -1.73. The first kappa shape index (κ1) is 14.8. The number of nitrogens with zero attached hydrogens (tertiary/aromatic N) is 3. The van der Waals surface area contributed by atoms with Gasteiger partial charge in [-0.2, -0.15) is 0 Å². The molecule has 7 heteroatoms.